The molecule has 12 heterocycles. The van der Waals surface area contributed by atoms with Crippen molar-refractivity contribution < 1.29 is 0 Å². The first-order chi connectivity index (χ1) is 73.0. The summed E-state index contributed by atoms with van der Waals surface area (Å²) in [7, 11) is 0. The lowest BCUT2D eigenvalue weighted by atomic mass is 10.1. The monoisotopic (exact) mass is 2250 g/mol. The van der Waals surface area contributed by atoms with Crippen molar-refractivity contribution in [2.75, 3.05) is 37.9 Å². The largest absolute Gasteiger partial charge is 0.359 e. The van der Waals surface area contributed by atoms with Crippen LogP contribution < -0.4 is 97.0 Å². The number of halogens is 2. The molecule has 0 bridgehead atoms. The third kappa shape index (κ3) is 29.1. The summed E-state index contributed by atoms with van der Waals surface area (Å²) in [4.78, 5) is 59.1. The normalized spacial score (nSPS) is 13.3. The van der Waals surface area contributed by atoms with Gasteiger partial charge in [-0.05, 0) is 267 Å². The predicted molar refractivity (Wildman–Crippen MR) is 647 cm³/mol. The van der Waals surface area contributed by atoms with E-state index in [-0.39, 0.29) is 0 Å². The van der Waals surface area contributed by atoms with Crippen molar-refractivity contribution >= 4 is 297 Å². The van der Waals surface area contributed by atoms with Gasteiger partial charge in [-0.3, -0.25) is 65.1 Å². The predicted octanol–water partition coefficient (Wildman–Crippen LogP) is 24.9. The quantitative estimate of drug-likeness (QED) is 0.0197. The Morgan fingerprint density at radius 3 is 0.887 bits per heavy atom. The Kier molecular flexibility index (Phi) is 34.8. The van der Waals surface area contributed by atoms with E-state index in [9.17, 15) is 0 Å². The number of aromatic nitrogens is 12. The Hall–Kier alpha value is -13.7. The van der Waals surface area contributed by atoms with Gasteiger partial charge in [0.15, 0.2) is 65.6 Å². The maximum absolute atomic E-state index is 6.30. The highest BCUT2D eigenvalue weighted by Gasteiger charge is 2.27. The maximum atomic E-state index is 6.30. The Morgan fingerprint density at radius 1 is 0.253 bits per heavy atom. The molecule has 44 heteroatoms. The van der Waals surface area contributed by atoms with Crippen molar-refractivity contribution in [2.24, 2.45) is 0 Å². The average molecular weight is 2250 g/mol. The van der Waals surface area contributed by atoms with Gasteiger partial charge in [0.1, 0.15) is 38.0 Å². The second kappa shape index (κ2) is 49.8. The fourth-order valence-electron chi connectivity index (χ4n) is 15.7. The number of rotatable bonds is 24. The number of thiocarbonyl (C=S) groups is 6. The van der Waals surface area contributed by atoms with E-state index < -0.39 is 0 Å². The zero-order valence-electron chi connectivity index (χ0n) is 81.5. The molecule has 0 amide bonds. The molecule has 0 atom stereocenters. The summed E-state index contributed by atoms with van der Waals surface area (Å²) < 4.78 is 5.93. The molecule has 5 fully saturated rings. The molecule has 150 heavy (non-hydrogen) atoms. The summed E-state index contributed by atoms with van der Waals surface area (Å²) in [5.41, 5.74) is 56.1. The molecule has 19 aromatic rings. The van der Waals surface area contributed by atoms with E-state index in [1.165, 1.54) is 154 Å². The number of benzene rings is 7. The minimum atomic E-state index is 0.462. The molecule has 12 aromatic heterocycles. The molecule has 5 saturated carbocycles. The first-order valence-corrected chi connectivity index (χ1v) is 56.4. The molecule has 0 aliphatic heterocycles. The van der Waals surface area contributed by atoms with Crippen molar-refractivity contribution in [2.45, 2.75) is 142 Å². The topological polar surface area (TPSA) is 371 Å². The Labute approximate surface area is 931 Å². The van der Waals surface area contributed by atoms with Gasteiger partial charge in [-0.1, -0.05) is 203 Å². The maximum Gasteiger partial charge on any atom is 0.189 e. The van der Waals surface area contributed by atoms with E-state index in [1.54, 1.807) is 93.3 Å². The van der Waals surface area contributed by atoms with Crippen LogP contribution in [0.4, 0.5) is 40.6 Å². The second-order valence-corrected chi connectivity index (χ2v) is 45.6. The van der Waals surface area contributed by atoms with Crippen LogP contribution in [0.15, 0.2) is 244 Å². The molecule has 762 valence electrons. The number of aryl methyl sites for hydroxylation is 5. The van der Waals surface area contributed by atoms with E-state index in [2.05, 4.69) is 307 Å². The van der Waals surface area contributed by atoms with Crippen molar-refractivity contribution in [1.82, 2.24) is 119 Å². The lowest BCUT2D eigenvalue weighted by Gasteiger charge is -2.16. The molecule has 0 spiro atoms. The van der Waals surface area contributed by atoms with Gasteiger partial charge in [0.2, 0.25) is 0 Å². The molecule has 24 rings (SSSR count). The van der Waals surface area contributed by atoms with Crippen molar-refractivity contribution in [3.05, 3.63) is 282 Å². The van der Waals surface area contributed by atoms with E-state index in [0.29, 0.717) is 83.4 Å². The zero-order valence-corrected chi connectivity index (χ0v) is 92.8. The smallest absolute Gasteiger partial charge is 0.189 e. The van der Waals surface area contributed by atoms with Gasteiger partial charge in [0, 0.05) is 80.8 Å². The van der Waals surface area contributed by atoms with Crippen LogP contribution in [0.1, 0.15) is 105 Å². The zero-order chi connectivity index (χ0) is 104. The number of hydrogen-bond donors (Lipinski definition) is 18. The fraction of sp³-hybridized carbons (Fsp3) is 0.208. The first-order valence-electron chi connectivity index (χ1n) is 48.3. The average Bonchev–Trinajstić information content (AvgIpc) is 1.69. The highest BCUT2D eigenvalue weighted by molar-refractivity contribution is 7.81. The van der Waals surface area contributed by atoms with Crippen LogP contribution in [-0.2, 0) is 0 Å². The van der Waals surface area contributed by atoms with Gasteiger partial charge in [-0.2, -0.15) is 0 Å². The van der Waals surface area contributed by atoms with Gasteiger partial charge in [0.05, 0.1) is 61.3 Å². The third-order valence-electron chi connectivity index (χ3n) is 23.7. The molecular formula is C106H102Cl2N30S12. The van der Waals surface area contributed by atoms with Gasteiger partial charge in [-0.25, -0.2) is 59.8 Å². The molecule has 0 radical (unpaired) electrons. The minimum absolute atomic E-state index is 0.462. The number of hydrogen-bond acceptors (Lipinski definition) is 30. The summed E-state index contributed by atoms with van der Waals surface area (Å²) in [6.45, 7) is 10.5. The van der Waals surface area contributed by atoms with Gasteiger partial charge >= 0.3 is 0 Å². The molecular weight excluding hydrogens is 2150 g/mol. The van der Waals surface area contributed by atoms with Crippen LogP contribution in [-0.4, -0.2) is 121 Å². The van der Waals surface area contributed by atoms with Crippen LogP contribution in [0.3, 0.4) is 0 Å². The molecule has 18 N–H and O–H groups in total. The van der Waals surface area contributed by atoms with E-state index in [4.69, 9.17) is 96.5 Å². The molecule has 7 aromatic carbocycles. The van der Waals surface area contributed by atoms with Gasteiger partial charge in [0.25, 0.3) is 0 Å². The summed E-state index contributed by atoms with van der Waals surface area (Å²) in [5, 5.41) is 24.2. The Balaban J connectivity index is 0.000000113. The van der Waals surface area contributed by atoms with Crippen LogP contribution in [0.25, 0.3) is 124 Å². The van der Waals surface area contributed by atoms with Crippen LogP contribution in [0, 0.1) is 34.6 Å². The second-order valence-electron chi connectivity index (χ2n) is 36.0. The van der Waals surface area contributed by atoms with Crippen LogP contribution in [0.5, 0.6) is 0 Å². The molecule has 0 saturated heterocycles. The van der Waals surface area contributed by atoms with Crippen molar-refractivity contribution in [3.8, 4) is 62.6 Å². The lowest BCUT2D eigenvalue weighted by molar-refractivity contribution is 0.626. The summed E-state index contributed by atoms with van der Waals surface area (Å²) in [6.07, 6.45) is 23.7. The summed E-state index contributed by atoms with van der Waals surface area (Å²) in [5.74, 6) is 4.32. The van der Waals surface area contributed by atoms with Crippen molar-refractivity contribution in [1.29, 1.82) is 0 Å². The van der Waals surface area contributed by atoms with Gasteiger partial charge in [-0.15, -0.1) is 68.0 Å². The third-order valence-corrected chi connectivity index (χ3v) is 32.6. The number of thiophene rings is 6. The standard InChI is InChI=1S/C21H19N5S2.C19H21N5S2.2C17H17N5S2.2C16H14ClN5S2/c1-13-8-14(2)10-15(9-13)18-11-17-19(28-18)20(23-12-22-17)25-26-21(27)24-16-6-4-3-5-7-16;1-12-5-4-6-13(9-12)16-10-15-17(26-16)18(21-11-20-15)23-24-19(25)22-14-7-2-3-8-14;1-10-2-4-11(5-3-10)14-8-13-15(24-14)16(19-9-18-13)21-22-17(23)20-12-6-7-12;1-10-3-2-4-11(7-10)14-8-13-15(24-14)16(19-9-18-13)21-22-17(23)20-12-5-6-12;17-10-3-1-2-9(6-10)13-7-12-14(24-13)15(19-8-18-12)21-22-16(23)20-11-4-5-11;17-11-4-2-1-3-10(11)13-7-12-14(24-13)15(19-8-18-12)21-22-16(23)20-9-5-6-9/h3-12H,1-2H3,(H,22,23,25)(H2,24,26,27);4-6,9-11,14H,2-3,7-8H2,1H3,(H,20,21,23)(H2,22,24,25);2-5,8-9,12H,6-7H2,1H3,(H,18,19,21)(H2,20,22,23);2-4,7-9,12H,5-6H2,1H3,(H,18,19,21)(H2,20,22,23);1-3,6-8,11H,4-5H2,(H,18,19,21)(H2,20,22,23);1-4,7-9H,5-6H2,(H,18,19,21)(H2,20,22,23). The SMILES string of the molecule is Cc1cc(C)cc(-c2cc3ncnc(NNC(=S)Nc4ccccc4)c3s2)c1.Cc1ccc(-c2cc3ncnc(NNC(=S)NC4CC4)c3s2)cc1.Cc1cccc(-c2cc3ncnc(NNC(=S)NC4CC4)c3s2)c1.Cc1cccc(-c2cc3ncnc(NNC(=S)NC4CCCC4)c3s2)c1.S=C(NNc1ncnc2cc(-c3cccc(Cl)c3)sc12)NC1CC1.S=C(NNc1ncnc2cc(-c3ccccc3Cl)sc12)NC1CC1. The molecule has 30 nitrogen and oxygen atoms in total. The Morgan fingerprint density at radius 2 is 0.547 bits per heavy atom. The number of nitrogens with zero attached hydrogens (tertiary/aromatic N) is 12. The summed E-state index contributed by atoms with van der Waals surface area (Å²) >= 11 is 54.0. The van der Waals surface area contributed by atoms with Gasteiger partial charge < -0.3 is 31.9 Å². The van der Waals surface area contributed by atoms with E-state index in [1.807, 2.05) is 91.0 Å². The minimum Gasteiger partial charge on any atom is -0.359 e. The number of fused-ring (bicyclic) bond motifs is 6. The van der Waals surface area contributed by atoms with Crippen LogP contribution in [0.2, 0.25) is 10.0 Å². The van der Waals surface area contributed by atoms with E-state index >= 15 is 0 Å². The number of para-hydroxylation sites is 1. The fourth-order valence-corrected chi connectivity index (χ4v) is 23.8. The van der Waals surface area contributed by atoms with Crippen molar-refractivity contribution in [3.63, 3.8) is 0 Å². The highest BCUT2D eigenvalue weighted by atomic mass is 35.5. The Bertz CT molecular complexity index is 7910. The molecule has 5 aliphatic rings. The number of hydrazine groups is 6. The molecule has 0 unspecified atom stereocenters. The number of nitrogens with one attached hydrogen (secondary N) is 18. The first kappa shape index (κ1) is 105. The number of anilines is 7. The molecule has 5 aliphatic carbocycles. The van der Waals surface area contributed by atoms with E-state index in [0.717, 1.165) is 115 Å². The lowest BCUT2D eigenvalue weighted by Crippen LogP contribution is -2.43. The van der Waals surface area contributed by atoms with Crippen LogP contribution >= 0.6 is 165 Å². The summed E-state index contributed by atoms with van der Waals surface area (Å²) in [6, 6.07) is 72.3. The highest BCUT2D eigenvalue weighted by Crippen LogP contribution is 2.44.